The summed E-state index contributed by atoms with van der Waals surface area (Å²) in [6.45, 7) is 10.5. The van der Waals surface area contributed by atoms with Crippen molar-refractivity contribution in [2.24, 2.45) is 0 Å². The van der Waals surface area contributed by atoms with Gasteiger partial charge >= 0.3 is 5.97 Å². The first-order valence-corrected chi connectivity index (χ1v) is 9.40. The van der Waals surface area contributed by atoms with Gasteiger partial charge in [-0.1, -0.05) is 51.1 Å². The van der Waals surface area contributed by atoms with Crippen LogP contribution >= 0.6 is 12.2 Å². The molecule has 0 aliphatic heterocycles. The minimum absolute atomic E-state index is 0.0584. The molecule has 0 aromatic heterocycles. The lowest BCUT2D eigenvalue weighted by atomic mass is 9.86. The number of carbonyl (C=O) groups excluding carboxylic acids is 1. The Morgan fingerprint density at radius 3 is 2.30 bits per heavy atom. The molecule has 0 spiro atoms. The number of rotatable bonds is 4. The molecule has 1 atom stereocenters. The smallest absolute Gasteiger partial charge is 0.338 e. The quantitative estimate of drug-likeness (QED) is 0.565. The standard InChI is InChI=1S/C22H28N2O2S/c1-14-18(20(25)26-6)8-7-9-19(14)24-21(27)23-15(2)16-10-12-17(13-11-16)22(3,4)5/h7-13,15H,1-6H3,(H2,23,24,27)/t15-/m1/s1. The zero-order valence-electron chi connectivity index (χ0n) is 16.8. The third-order valence-corrected chi connectivity index (χ3v) is 4.83. The lowest BCUT2D eigenvalue weighted by Gasteiger charge is -2.22. The van der Waals surface area contributed by atoms with E-state index in [4.69, 9.17) is 17.0 Å². The Balaban J connectivity index is 2.06. The van der Waals surface area contributed by atoms with E-state index in [1.54, 1.807) is 12.1 Å². The Morgan fingerprint density at radius 2 is 1.74 bits per heavy atom. The Bertz CT molecular complexity index is 823. The second kappa shape index (κ2) is 8.53. The van der Waals surface area contributed by atoms with Gasteiger partial charge in [-0.15, -0.1) is 0 Å². The van der Waals surface area contributed by atoms with E-state index in [0.29, 0.717) is 10.7 Å². The average molecular weight is 385 g/mol. The predicted molar refractivity (Wildman–Crippen MR) is 115 cm³/mol. The van der Waals surface area contributed by atoms with Crippen LogP contribution in [0.25, 0.3) is 0 Å². The van der Waals surface area contributed by atoms with Crippen molar-refractivity contribution >= 4 is 29.0 Å². The minimum Gasteiger partial charge on any atom is -0.465 e. The highest BCUT2D eigenvalue weighted by molar-refractivity contribution is 7.80. The van der Waals surface area contributed by atoms with E-state index < -0.39 is 0 Å². The van der Waals surface area contributed by atoms with Gasteiger partial charge in [-0.05, 0) is 60.3 Å². The monoisotopic (exact) mass is 384 g/mol. The van der Waals surface area contributed by atoms with Crippen LogP contribution in [0.4, 0.5) is 5.69 Å². The molecule has 0 unspecified atom stereocenters. The zero-order valence-corrected chi connectivity index (χ0v) is 17.7. The van der Waals surface area contributed by atoms with Crippen molar-refractivity contribution in [1.82, 2.24) is 5.32 Å². The molecule has 0 saturated heterocycles. The van der Waals surface area contributed by atoms with E-state index >= 15 is 0 Å². The van der Waals surface area contributed by atoms with E-state index in [0.717, 1.165) is 16.8 Å². The maximum atomic E-state index is 11.8. The van der Waals surface area contributed by atoms with Crippen LogP contribution in [0.2, 0.25) is 0 Å². The number of carbonyl (C=O) groups is 1. The third kappa shape index (κ3) is 5.30. The number of benzene rings is 2. The molecule has 5 heteroatoms. The van der Waals surface area contributed by atoms with Crippen LogP contribution in [0.3, 0.4) is 0 Å². The van der Waals surface area contributed by atoms with E-state index in [2.05, 4.69) is 62.6 Å². The van der Waals surface area contributed by atoms with Gasteiger partial charge in [-0.3, -0.25) is 0 Å². The highest BCUT2D eigenvalue weighted by Gasteiger charge is 2.15. The lowest BCUT2D eigenvalue weighted by molar-refractivity contribution is 0.0600. The summed E-state index contributed by atoms with van der Waals surface area (Å²) in [5.74, 6) is -0.359. The Morgan fingerprint density at radius 1 is 1.11 bits per heavy atom. The maximum Gasteiger partial charge on any atom is 0.338 e. The molecule has 0 bridgehead atoms. The van der Waals surface area contributed by atoms with E-state index in [9.17, 15) is 4.79 Å². The topological polar surface area (TPSA) is 50.4 Å². The van der Waals surface area contributed by atoms with Crippen LogP contribution in [-0.4, -0.2) is 18.2 Å². The molecule has 4 nitrogen and oxygen atoms in total. The summed E-state index contributed by atoms with van der Waals surface area (Å²) in [4.78, 5) is 11.8. The summed E-state index contributed by atoms with van der Waals surface area (Å²) in [5.41, 5.74) is 4.70. The maximum absolute atomic E-state index is 11.8. The fourth-order valence-electron chi connectivity index (χ4n) is 2.81. The Labute approximate surface area is 167 Å². The van der Waals surface area contributed by atoms with Gasteiger partial charge in [-0.25, -0.2) is 4.79 Å². The number of esters is 1. The van der Waals surface area contributed by atoms with Gasteiger partial charge in [0.1, 0.15) is 0 Å². The van der Waals surface area contributed by atoms with Gasteiger partial charge in [0.25, 0.3) is 0 Å². The van der Waals surface area contributed by atoms with Crippen molar-refractivity contribution in [2.45, 2.75) is 46.1 Å². The van der Waals surface area contributed by atoms with Crippen molar-refractivity contribution < 1.29 is 9.53 Å². The molecular formula is C22H28N2O2S. The molecule has 144 valence electrons. The molecule has 0 amide bonds. The Kier molecular flexibility index (Phi) is 6.60. The number of anilines is 1. The van der Waals surface area contributed by atoms with Crippen LogP contribution in [0, 0.1) is 6.92 Å². The van der Waals surface area contributed by atoms with Crippen LogP contribution in [-0.2, 0) is 10.2 Å². The first kappa shape index (κ1) is 20.9. The first-order valence-electron chi connectivity index (χ1n) is 8.99. The number of hydrogen-bond donors (Lipinski definition) is 2. The number of ether oxygens (including phenoxy) is 1. The minimum atomic E-state index is -0.359. The molecule has 27 heavy (non-hydrogen) atoms. The first-order chi connectivity index (χ1) is 12.6. The van der Waals surface area contributed by atoms with Crippen molar-refractivity contribution in [2.75, 3.05) is 12.4 Å². The summed E-state index contributed by atoms with van der Waals surface area (Å²) >= 11 is 5.46. The van der Waals surface area contributed by atoms with Crippen LogP contribution in [0.5, 0.6) is 0 Å². The summed E-state index contributed by atoms with van der Waals surface area (Å²) in [7, 11) is 1.38. The van der Waals surface area contributed by atoms with Gasteiger partial charge in [0.2, 0.25) is 0 Å². The van der Waals surface area contributed by atoms with E-state index in [1.807, 2.05) is 13.0 Å². The molecule has 0 radical (unpaired) electrons. The summed E-state index contributed by atoms with van der Waals surface area (Å²) in [6, 6.07) is 14.1. The molecular weight excluding hydrogens is 356 g/mol. The van der Waals surface area contributed by atoms with Crippen molar-refractivity contribution in [3.63, 3.8) is 0 Å². The molecule has 2 rings (SSSR count). The fraction of sp³-hybridized carbons (Fsp3) is 0.364. The second-order valence-corrected chi connectivity index (χ2v) is 8.07. The van der Waals surface area contributed by atoms with E-state index in [-0.39, 0.29) is 17.4 Å². The Hall–Kier alpha value is -2.40. The van der Waals surface area contributed by atoms with Crippen LogP contribution < -0.4 is 10.6 Å². The molecule has 0 aliphatic carbocycles. The largest absolute Gasteiger partial charge is 0.465 e. The third-order valence-electron chi connectivity index (χ3n) is 4.61. The summed E-state index contributed by atoms with van der Waals surface area (Å²) in [5, 5.41) is 6.98. The lowest BCUT2D eigenvalue weighted by Crippen LogP contribution is -2.31. The van der Waals surface area contributed by atoms with Gasteiger partial charge in [0.05, 0.1) is 18.7 Å². The van der Waals surface area contributed by atoms with Crippen molar-refractivity contribution in [3.8, 4) is 0 Å². The molecule has 0 heterocycles. The highest BCUT2D eigenvalue weighted by atomic mass is 32.1. The SMILES string of the molecule is COC(=O)c1cccc(NC(=S)N[C@H](C)c2ccc(C(C)(C)C)cc2)c1C. The number of thiocarbonyl (C=S) groups is 1. The molecule has 2 aromatic carbocycles. The van der Waals surface area contributed by atoms with Crippen LogP contribution in [0.1, 0.15) is 60.8 Å². The number of methoxy groups -OCH3 is 1. The van der Waals surface area contributed by atoms with Gasteiger partial charge in [0, 0.05) is 5.69 Å². The molecule has 0 saturated carbocycles. The molecule has 2 N–H and O–H groups in total. The summed E-state index contributed by atoms with van der Waals surface area (Å²) < 4.78 is 4.82. The van der Waals surface area contributed by atoms with Crippen molar-refractivity contribution in [1.29, 1.82) is 0 Å². The molecule has 0 aliphatic rings. The van der Waals surface area contributed by atoms with Crippen molar-refractivity contribution in [3.05, 3.63) is 64.7 Å². The highest BCUT2D eigenvalue weighted by Crippen LogP contribution is 2.24. The zero-order chi connectivity index (χ0) is 20.2. The van der Waals surface area contributed by atoms with Gasteiger partial charge < -0.3 is 15.4 Å². The predicted octanol–water partition coefficient (Wildman–Crippen LogP) is 5.13. The van der Waals surface area contributed by atoms with Crippen LogP contribution in [0.15, 0.2) is 42.5 Å². The van der Waals surface area contributed by atoms with Gasteiger partial charge in [-0.2, -0.15) is 0 Å². The second-order valence-electron chi connectivity index (χ2n) is 7.66. The molecule has 2 aromatic rings. The fourth-order valence-corrected chi connectivity index (χ4v) is 3.10. The normalized spacial score (nSPS) is 12.2. The number of nitrogens with one attached hydrogen (secondary N) is 2. The average Bonchev–Trinajstić information content (AvgIpc) is 2.62. The molecule has 0 fully saturated rings. The number of hydrogen-bond acceptors (Lipinski definition) is 3. The van der Waals surface area contributed by atoms with Gasteiger partial charge in [0.15, 0.2) is 5.11 Å². The van der Waals surface area contributed by atoms with E-state index in [1.165, 1.54) is 12.7 Å². The summed E-state index contributed by atoms with van der Waals surface area (Å²) in [6.07, 6.45) is 0.